The molecule has 0 unspecified atom stereocenters. The van der Waals surface area contributed by atoms with Gasteiger partial charge in [0.05, 0.1) is 10.6 Å². The molecule has 2 N–H and O–H groups in total. The molecule has 0 aliphatic carbocycles. The molecule has 0 radical (unpaired) electrons. The molecule has 1 amide bonds. The van der Waals surface area contributed by atoms with E-state index < -0.39 is 21.7 Å². The number of sulfonamides is 1. The fraction of sp³-hybridized carbons (Fsp3) is 0.0952. The number of aryl methyl sites for hydroxylation is 1. The van der Waals surface area contributed by atoms with Gasteiger partial charge in [-0.3, -0.25) is 9.52 Å². The van der Waals surface area contributed by atoms with Crippen LogP contribution < -0.4 is 10.0 Å². The van der Waals surface area contributed by atoms with E-state index in [0.29, 0.717) is 11.3 Å². The summed E-state index contributed by atoms with van der Waals surface area (Å²) in [7, 11) is -3.86. The molecule has 3 aromatic carbocycles. The molecule has 5 nitrogen and oxygen atoms in total. The SMILES string of the molecule is Cc1ccccc1NS(=O)(=O)c1cccc(C(=O)NCc2ccccc2F)c1. The Bertz CT molecular complexity index is 1110. The Morgan fingerprint density at radius 1 is 0.964 bits per heavy atom. The number of hydrogen-bond donors (Lipinski definition) is 2. The Morgan fingerprint density at radius 2 is 1.68 bits per heavy atom. The summed E-state index contributed by atoms with van der Waals surface area (Å²) in [5, 5.41) is 2.60. The van der Waals surface area contributed by atoms with Gasteiger partial charge in [0, 0.05) is 17.7 Å². The molecule has 0 aliphatic heterocycles. The van der Waals surface area contributed by atoms with Crippen LogP contribution in [0.3, 0.4) is 0 Å². The first-order valence-electron chi connectivity index (χ1n) is 8.57. The second-order valence-electron chi connectivity index (χ2n) is 6.22. The first-order chi connectivity index (χ1) is 13.4. The summed E-state index contributed by atoms with van der Waals surface area (Å²) in [4.78, 5) is 12.3. The Hall–Kier alpha value is -3.19. The number of carbonyl (C=O) groups excluding carboxylic acids is 1. The second-order valence-corrected chi connectivity index (χ2v) is 7.90. The van der Waals surface area contributed by atoms with Crippen LogP contribution in [-0.2, 0) is 16.6 Å². The van der Waals surface area contributed by atoms with Crippen LogP contribution in [0, 0.1) is 12.7 Å². The molecule has 0 aromatic heterocycles. The van der Waals surface area contributed by atoms with Gasteiger partial charge in [-0.25, -0.2) is 12.8 Å². The molecule has 3 aromatic rings. The largest absolute Gasteiger partial charge is 0.348 e. The maximum Gasteiger partial charge on any atom is 0.261 e. The van der Waals surface area contributed by atoms with Gasteiger partial charge in [0.15, 0.2) is 0 Å². The van der Waals surface area contributed by atoms with Gasteiger partial charge in [0.2, 0.25) is 0 Å². The fourth-order valence-electron chi connectivity index (χ4n) is 2.61. The molecule has 28 heavy (non-hydrogen) atoms. The zero-order valence-corrected chi connectivity index (χ0v) is 16.0. The Kier molecular flexibility index (Phi) is 5.75. The maximum absolute atomic E-state index is 13.7. The molecular weight excluding hydrogens is 379 g/mol. The second kappa shape index (κ2) is 8.22. The van der Waals surface area contributed by atoms with E-state index in [1.807, 2.05) is 6.07 Å². The number of amides is 1. The van der Waals surface area contributed by atoms with Crippen molar-refractivity contribution >= 4 is 21.6 Å². The van der Waals surface area contributed by atoms with Gasteiger partial charge in [0.25, 0.3) is 15.9 Å². The van der Waals surface area contributed by atoms with Crippen LogP contribution >= 0.6 is 0 Å². The summed E-state index contributed by atoms with van der Waals surface area (Å²) in [6.07, 6.45) is 0. The molecule has 0 saturated heterocycles. The topological polar surface area (TPSA) is 75.3 Å². The van der Waals surface area contributed by atoms with Crippen LogP contribution in [0.15, 0.2) is 77.7 Å². The van der Waals surface area contributed by atoms with E-state index in [1.165, 1.54) is 30.3 Å². The van der Waals surface area contributed by atoms with Crippen LogP contribution in [-0.4, -0.2) is 14.3 Å². The van der Waals surface area contributed by atoms with Crippen molar-refractivity contribution in [2.75, 3.05) is 4.72 Å². The van der Waals surface area contributed by atoms with Crippen molar-refractivity contribution in [3.05, 3.63) is 95.3 Å². The van der Waals surface area contributed by atoms with Crippen molar-refractivity contribution in [3.8, 4) is 0 Å². The third kappa shape index (κ3) is 4.55. The van der Waals surface area contributed by atoms with Gasteiger partial charge in [-0.2, -0.15) is 0 Å². The number of hydrogen-bond acceptors (Lipinski definition) is 3. The summed E-state index contributed by atoms with van der Waals surface area (Å²) in [5.74, 6) is -0.905. The smallest absolute Gasteiger partial charge is 0.261 e. The minimum atomic E-state index is -3.86. The number of carbonyl (C=O) groups is 1. The molecule has 0 aliphatic rings. The van der Waals surface area contributed by atoms with Gasteiger partial charge in [-0.1, -0.05) is 42.5 Å². The van der Waals surface area contributed by atoms with E-state index in [9.17, 15) is 17.6 Å². The van der Waals surface area contributed by atoms with Crippen molar-refractivity contribution in [1.82, 2.24) is 5.32 Å². The molecule has 0 spiro atoms. The standard InChI is InChI=1S/C21H19FN2O3S/c1-15-7-2-5-12-20(15)24-28(26,27)18-10-6-9-16(13-18)21(25)23-14-17-8-3-4-11-19(17)22/h2-13,24H,14H2,1H3,(H,23,25). The highest BCUT2D eigenvalue weighted by molar-refractivity contribution is 7.92. The third-order valence-electron chi connectivity index (χ3n) is 4.19. The third-order valence-corrected chi connectivity index (χ3v) is 5.56. The van der Waals surface area contributed by atoms with Gasteiger partial charge < -0.3 is 5.32 Å². The van der Waals surface area contributed by atoms with Crippen molar-refractivity contribution in [2.45, 2.75) is 18.4 Å². The lowest BCUT2D eigenvalue weighted by Gasteiger charge is -2.11. The highest BCUT2D eigenvalue weighted by Gasteiger charge is 2.17. The first-order valence-corrected chi connectivity index (χ1v) is 10.1. The van der Waals surface area contributed by atoms with Gasteiger partial charge in [-0.05, 0) is 42.8 Å². The van der Waals surface area contributed by atoms with Crippen LogP contribution in [0.5, 0.6) is 0 Å². The summed E-state index contributed by atoms with van der Waals surface area (Å²) < 4.78 is 41.5. The lowest BCUT2D eigenvalue weighted by Crippen LogP contribution is -2.24. The number of halogens is 1. The van der Waals surface area contributed by atoms with Crippen molar-refractivity contribution < 1.29 is 17.6 Å². The minimum absolute atomic E-state index is 0.00391. The average Bonchev–Trinajstić information content (AvgIpc) is 2.69. The normalized spacial score (nSPS) is 11.1. The van der Waals surface area contributed by atoms with Gasteiger partial charge in [0.1, 0.15) is 5.82 Å². The molecule has 3 rings (SSSR count). The lowest BCUT2D eigenvalue weighted by atomic mass is 10.2. The van der Waals surface area contributed by atoms with E-state index in [0.717, 1.165) is 5.56 Å². The molecule has 0 atom stereocenters. The van der Waals surface area contributed by atoms with Gasteiger partial charge >= 0.3 is 0 Å². The monoisotopic (exact) mass is 398 g/mol. The quantitative estimate of drug-likeness (QED) is 0.662. The number of benzene rings is 3. The van der Waals surface area contributed by atoms with Crippen LogP contribution in [0.2, 0.25) is 0 Å². The molecule has 7 heteroatoms. The zero-order chi connectivity index (χ0) is 20.1. The summed E-state index contributed by atoms with van der Waals surface area (Å²) >= 11 is 0. The molecule has 0 saturated carbocycles. The van der Waals surface area contributed by atoms with Crippen LogP contribution in [0.1, 0.15) is 21.5 Å². The molecule has 144 valence electrons. The van der Waals surface area contributed by atoms with Crippen molar-refractivity contribution in [2.24, 2.45) is 0 Å². The average molecular weight is 398 g/mol. The summed E-state index contributed by atoms with van der Waals surface area (Å²) in [6.45, 7) is 1.80. The van der Waals surface area contributed by atoms with E-state index in [1.54, 1.807) is 43.3 Å². The lowest BCUT2D eigenvalue weighted by molar-refractivity contribution is 0.0950. The van der Waals surface area contributed by atoms with Gasteiger partial charge in [-0.15, -0.1) is 0 Å². The Labute approximate surface area is 163 Å². The maximum atomic E-state index is 13.7. The summed E-state index contributed by atoms with van der Waals surface area (Å²) in [6, 6.07) is 18.8. The predicted molar refractivity (Wildman–Crippen MR) is 106 cm³/mol. The Morgan fingerprint density at radius 3 is 2.43 bits per heavy atom. The Balaban J connectivity index is 1.77. The highest BCUT2D eigenvalue weighted by atomic mass is 32.2. The van der Waals surface area contributed by atoms with Crippen molar-refractivity contribution in [1.29, 1.82) is 0 Å². The zero-order valence-electron chi connectivity index (χ0n) is 15.1. The van der Waals surface area contributed by atoms with E-state index in [-0.39, 0.29) is 17.0 Å². The number of rotatable bonds is 6. The minimum Gasteiger partial charge on any atom is -0.348 e. The first kappa shape index (κ1) is 19.6. The predicted octanol–water partition coefficient (Wildman–Crippen LogP) is 3.86. The van der Waals surface area contributed by atoms with E-state index in [2.05, 4.69) is 10.0 Å². The van der Waals surface area contributed by atoms with E-state index >= 15 is 0 Å². The number of para-hydroxylation sites is 1. The molecular formula is C21H19FN2O3S. The van der Waals surface area contributed by atoms with Crippen LogP contribution in [0.25, 0.3) is 0 Å². The summed E-state index contributed by atoms with van der Waals surface area (Å²) in [5.41, 5.74) is 1.77. The highest BCUT2D eigenvalue weighted by Crippen LogP contribution is 2.20. The fourth-order valence-corrected chi connectivity index (χ4v) is 3.79. The number of nitrogens with one attached hydrogen (secondary N) is 2. The van der Waals surface area contributed by atoms with Crippen LogP contribution in [0.4, 0.5) is 10.1 Å². The van der Waals surface area contributed by atoms with Crippen molar-refractivity contribution in [3.63, 3.8) is 0 Å². The van der Waals surface area contributed by atoms with E-state index in [4.69, 9.17) is 0 Å². The molecule has 0 fully saturated rings. The number of anilines is 1. The molecule has 0 bridgehead atoms. The molecule has 0 heterocycles.